The second kappa shape index (κ2) is 6.58. The summed E-state index contributed by atoms with van der Waals surface area (Å²) in [6, 6.07) is 5.11. The van der Waals surface area contributed by atoms with Crippen LogP contribution in [0, 0.1) is 11.7 Å². The molecule has 0 aliphatic rings. The van der Waals surface area contributed by atoms with Gasteiger partial charge < -0.3 is 5.32 Å². The third-order valence-corrected chi connectivity index (χ3v) is 3.98. The molecule has 16 heavy (non-hydrogen) atoms. The van der Waals surface area contributed by atoms with Crippen molar-refractivity contribution in [2.45, 2.75) is 26.4 Å². The van der Waals surface area contributed by atoms with Crippen LogP contribution in [0.1, 0.15) is 19.4 Å². The van der Waals surface area contributed by atoms with Crippen molar-refractivity contribution >= 4 is 27.5 Å². The molecule has 2 unspecified atom stereocenters. The summed E-state index contributed by atoms with van der Waals surface area (Å²) in [5.41, 5.74) is 0.651. The lowest BCUT2D eigenvalue weighted by Gasteiger charge is -2.19. The number of benzene rings is 1. The zero-order valence-corrected chi connectivity index (χ0v) is 11.8. The highest BCUT2D eigenvalue weighted by Crippen LogP contribution is 2.15. The molecule has 0 fully saturated rings. The summed E-state index contributed by atoms with van der Waals surface area (Å²) >= 11 is 9.12. The first kappa shape index (κ1) is 13.9. The fourth-order valence-electron chi connectivity index (χ4n) is 1.27. The average molecular weight is 309 g/mol. The van der Waals surface area contributed by atoms with Crippen LogP contribution in [0.5, 0.6) is 0 Å². The molecular formula is C12H16BrClFN. The molecule has 4 heteroatoms. The third kappa shape index (κ3) is 4.04. The van der Waals surface area contributed by atoms with Gasteiger partial charge in [-0.05, 0) is 25.0 Å². The van der Waals surface area contributed by atoms with Gasteiger partial charge in [-0.15, -0.1) is 0 Å². The maximum absolute atomic E-state index is 13.5. The van der Waals surface area contributed by atoms with Gasteiger partial charge in [-0.25, -0.2) is 4.39 Å². The Morgan fingerprint density at radius 2 is 2.12 bits per heavy atom. The topological polar surface area (TPSA) is 12.0 Å². The van der Waals surface area contributed by atoms with Crippen molar-refractivity contribution in [1.82, 2.24) is 5.32 Å². The molecule has 0 aliphatic carbocycles. The minimum absolute atomic E-state index is 0.251. The van der Waals surface area contributed by atoms with Crippen LogP contribution in [0.3, 0.4) is 0 Å². The maximum Gasteiger partial charge on any atom is 0.129 e. The van der Waals surface area contributed by atoms with Crippen LogP contribution in [0.15, 0.2) is 18.2 Å². The Labute approximate surface area is 110 Å². The van der Waals surface area contributed by atoms with Gasteiger partial charge in [-0.3, -0.25) is 0 Å². The Morgan fingerprint density at radius 3 is 2.69 bits per heavy atom. The first-order valence-electron chi connectivity index (χ1n) is 5.28. The third-order valence-electron chi connectivity index (χ3n) is 2.73. The van der Waals surface area contributed by atoms with E-state index in [1.165, 1.54) is 6.07 Å². The van der Waals surface area contributed by atoms with Crippen molar-refractivity contribution in [3.63, 3.8) is 0 Å². The first-order valence-corrected chi connectivity index (χ1v) is 6.77. The predicted octanol–water partition coefficient (Wildman–Crippen LogP) is 3.99. The second-order valence-electron chi connectivity index (χ2n) is 4.04. The van der Waals surface area contributed by atoms with Crippen molar-refractivity contribution in [3.8, 4) is 0 Å². The van der Waals surface area contributed by atoms with Gasteiger partial charge in [0.25, 0.3) is 0 Å². The molecule has 1 N–H and O–H groups in total. The van der Waals surface area contributed by atoms with Crippen molar-refractivity contribution in [2.75, 3.05) is 5.33 Å². The van der Waals surface area contributed by atoms with Gasteiger partial charge >= 0.3 is 0 Å². The van der Waals surface area contributed by atoms with E-state index >= 15 is 0 Å². The largest absolute Gasteiger partial charge is 0.310 e. The molecule has 0 aromatic heterocycles. The normalized spacial score (nSPS) is 14.8. The van der Waals surface area contributed by atoms with Crippen LogP contribution >= 0.6 is 27.5 Å². The highest BCUT2D eigenvalue weighted by molar-refractivity contribution is 9.09. The van der Waals surface area contributed by atoms with Crippen LogP contribution < -0.4 is 5.32 Å². The van der Waals surface area contributed by atoms with E-state index in [2.05, 4.69) is 35.1 Å². The van der Waals surface area contributed by atoms with Crippen molar-refractivity contribution in [2.24, 2.45) is 5.92 Å². The molecule has 1 aromatic carbocycles. The highest BCUT2D eigenvalue weighted by Gasteiger charge is 2.11. The van der Waals surface area contributed by atoms with Crippen LogP contribution in [-0.4, -0.2) is 11.4 Å². The summed E-state index contributed by atoms with van der Waals surface area (Å²) in [5, 5.41) is 4.67. The van der Waals surface area contributed by atoms with Crippen molar-refractivity contribution in [1.29, 1.82) is 0 Å². The lowest BCUT2D eigenvalue weighted by Crippen LogP contribution is -2.32. The molecule has 90 valence electrons. The van der Waals surface area contributed by atoms with Crippen LogP contribution in [0.4, 0.5) is 4.39 Å². The molecule has 0 saturated carbocycles. The molecular weight excluding hydrogens is 292 g/mol. The van der Waals surface area contributed by atoms with Crippen LogP contribution in [0.2, 0.25) is 5.02 Å². The Kier molecular flexibility index (Phi) is 5.73. The highest BCUT2D eigenvalue weighted by atomic mass is 79.9. The molecule has 2 atom stereocenters. The molecule has 0 aliphatic heterocycles. The molecule has 0 radical (unpaired) electrons. The summed E-state index contributed by atoms with van der Waals surface area (Å²) < 4.78 is 13.5. The van der Waals surface area contributed by atoms with E-state index in [-0.39, 0.29) is 5.82 Å². The molecule has 1 nitrogen and oxygen atoms in total. The average Bonchev–Trinajstić information content (AvgIpc) is 2.26. The molecule has 0 saturated heterocycles. The number of alkyl halides is 1. The Balaban J connectivity index is 2.54. The molecule has 1 aromatic rings. The zero-order chi connectivity index (χ0) is 12.1. The smallest absolute Gasteiger partial charge is 0.129 e. The summed E-state index contributed by atoms with van der Waals surface area (Å²) in [4.78, 5) is 0. The van der Waals surface area contributed by atoms with Crippen molar-refractivity contribution < 1.29 is 4.39 Å². The lowest BCUT2D eigenvalue weighted by atomic mass is 10.1. The summed E-state index contributed by atoms with van der Waals surface area (Å²) in [7, 11) is 0. The Hall–Kier alpha value is -0.120. The summed E-state index contributed by atoms with van der Waals surface area (Å²) in [6.45, 7) is 4.77. The van der Waals surface area contributed by atoms with Crippen LogP contribution in [0.25, 0.3) is 0 Å². The number of nitrogens with one attached hydrogen (secondary N) is 1. The minimum atomic E-state index is -0.251. The van der Waals surface area contributed by atoms with E-state index in [1.807, 2.05) is 0 Å². The van der Waals surface area contributed by atoms with Gasteiger partial charge in [0, 0.05) is 28.5 Å². The fraction of sp³-hybridized carbons (Fsp3) is 0.500. The fourth-order valence-corrected chi connectivity index (χ4v) is 1.99. The van der Waals surface area contributed by atoms with Gasteiger partial charge in [0.1, 0.15) is 5.82 Å². The Morgan fingerprint density at radius 1 is 1.44 bits per heavy atom. The van der Waals surface area contributed by atoms with E-state index in [9.17, 15) is 4.39 Å². The Bertz CT molecular complexity index is 346. The van der Waals surface area contributed by atoms with E-state index in [0.717, 1.165) is 5.33 Å². The molecule has 0 heterocycles. The van der Waals surface area contributed by atoms with Gasteiger partial charge in [0.05, 0.1) is 0 Å². The summed E-state index contributed by atoms with van der Waals surface area (Å²) in [5.74, 6) is 0.258. The molecule has 0 bridgehead atoms. The lowest BCUT2D eigenvalue weighted by molar-refractivity contribution is 0.428. The quantitative estimate of drug-likeness (QED) is 0.811. The zero-order valence-electron chi connectivity index (χ0n) is 9.43. The van der Waals surface area contributed by atoms with Crippen LogP contribution in [-0.2, 0) is 6.54 Å². The predicted molar refractivity (Wildman–Crippen MR) is 70.7 cm³/mol. The van der Waals surface area contributed by atoms with Gasteiger partial charge in [0.15, 0.2) is 0 Å². The minimum Gasteiger partial charge on any atom is -0.310 e. The molecule has 0 spiro atoms. The number of hydrogen-bond acceptors (Lipinski definition) is 1. The van der Waals surface area contributed by atoms with E-state index in [4.69, 9.17) is 11.6 Å². The SMILES string of the molecule is CC(CBr)C(C)NCc1ccc(Cl)cc1F. The number of halogens is 3. The molecule has 1 rings (SSSR count). The summed E-state index contributed by atoms with van der Waals surface area (Å²) in [6.07, 6.45) is 0. The van der Waals surface area contributed by atoms with Gasteiger partial charge in [-0.1, -0.05) is 40.5 Å². The standard InChI is InChI=1S/C12H16BrClFN/c1-8(6-13)9(2)16-7-10-3-4-11(14)5-12(10)15/h3-5,8-9,16H,6-7H2,1-2H3. The van der Waals surface area contributed by atoms with E-state index in [1.54, 1.807) is 12.1 Å². The first-order chi connectivity index (χ1) is 7.54. The van der Waals surface area contributed by atoms with Gasteiger partial charge in [-0.2, -0.15) is 0 Å². The number of rotatable bonds is 5. The van der Waals surface area contributed by atoms with E-state index < -0.39 is 0 Å². The van der Waals surface area contributed by atoms with E-state index in [0.29, 0.717) is 29.1 Å². The monoisotopic (exact) mass is 307 g/mol. The number of hydrogen-bond donors (Lipinski definition) is 1. The van der Waals surface area contributed by atoms with Gasteiger partial charge in [0.2, 0.25) is 0 Å². The van der Waals surface area contributed by atoms with Crippen molar-refractivity contribution in [3.05, 3.63) is 34.6 Å². The maximum atomic E-state index is 13.5. The molecule has 0 amide bonds. The second-order valence-corrected chi connectivity index (χ2v) is 5.12.